The fraction of sp³-hybridized carbons (Fsp3) is 0.240. The van der Waals surface area contributed by atoms with Crippen molar-refractivity contribution < 1.29 is 19.1 Å². The smallest absolute Gasteiger partial charge is 0.414 e. The van der Waals surface area contributed by atoms with E-state index in [9.17, 15) is 9.59 Å². The molecule has 0 N–H and O–H groups in total. The van der Waals surface area contributed by atoms with Crippen LogP contribution in [0.5, 0.6) is 0 Å². The lowest BCUT2D eigenvalue weighted by molar-refractivity contribution is 0.178. The van der Waals surface area contributed by atoms with Crippen LogP contribution in [0.15, 0.2) is 78.9 Å². The van der Waals surface area contributed by atoms with Gasteiger partial charge in [-0.05, 0) is 36.4 Å². The van der Waals surface area contributed by atoms with Gasteiger partial charge in [0.1, 0.15) is 13.2 Å². The summed E-state index contributed by atoms with van der Waals surface area (Å²) in [6.45, 7) is 0.652. The molecule has 2 aromatic carbocycles. The van der Waals surface area contributed by atoms with E-state index in [4.69, 9.17) is 14.5 Å². The second-order valence-electron chi connectivity index (χ2n) is 7.90. The highest BCUT2D eigenvalue weighted by molar-refractivity contribution is 5.91. The van der Waals surface area contributed by atoms with Gasteiger partial charge in [0.2, 0.25) is 0 Å². The van der Waals surface area contributed by atoms with Gasteiger partial charge >= 0.3 is 12.2 Å². The van der Waals surface area contributed by atoms with Crippen molar-refractivity contribution >= 4 is 23.6 Å². The third-order valence-corrected chi connectivity index (χ3v) is 5.74. The predicted molar refractivity (Wildman–Crippen MR) is 120 cm³/mol. The van der Waals surface area contributed by atoms with E-state index >= 15 is 0 Å². The maximum Gasteiger partial charge on any atom is 0.414 e. The molecule has 2 aliphatic rings. The van der Waals surface area contributed by atoms with Crippen molar-refractivity contribution in [2.75, 3.05) is 23.0 Å². The van der Waals surface area contributed by atoms with Gasteiger partial charge in [-0.3, -0.25) is 14.8 Å². The average molecular weight is 429 g/mol. The Kier molecular flexibility index (Phi) is 5.46. The van der Waals surface area contributed by atoms with Gasteiger partial charge in [-0.1, -0.05) is 42.5 Å². The summed E-state index contributed by atoms with van der Waals surface area (Å²) in [6.07, 6.45) is 0.489. The molecule has 2 amide bonds. The first-order valence-electron chi connectivity index (χ1n) is 10.7. The zero-order chi connectivity index (χ0) is 21.9. The number of anilines is 2. The number of para-hydroxylation sites is 2. The van der Waals surface area contributed by atoms with Crippen LogP contribution in [0.2, 0.25) is 0 Å². The van der Waals surface area contributed by atoms with E-state index in [0.29, 0.717) is 26.1 Å². The Morgan fingerprint density at radius 2 is 1.09 bits per heavy atom. The van der Waals surface area contributed by atoms with Crippen molar-refractivity contribution in [3.63, 3.8) is 0 Å². The zero-order valence-electron chi connectivity index (χ0n) is 17.5. The van der Waals surface area contributed by atoms with Gasteiger partial charge < -0.3 is 9.47 Å². The summed E-state index contributed by atoms with van der Waals surface area (Å²) in [7, 11) is 0. The topological polar surface area (TPSA) is 72.0 Å². The van der Waals surface area contributed by atoms with Crippen molar-refractivity contribution in [1.82, 2.24) is 4.98 Å². The second kappa shape index (κ2) is 8.70. The minimum Gasteiger partial charge on any atom is -0.447 e. The first-order chi connectivity index (χ1) is 15.7. The Morgan fingerprint density at radius 1 is 0.656 bits per heavy atom. The molecule has 3 heterocycles. The Bertz CT molecular complexity index is 1020. The normalized spacial score (nSPS) is 20.4. The Morgan fingerprint density at radius 3 is 1.53 bits per heavy atom. The van der Waals surface area contributed by atoms with E-state index in [1.165, 1.54) is 0 Å². The lowest BCUT2D eigenvalue weighted by atomic mass is 10.1. The third-order valence-electron chi connectivity index (χ3n) is 5.74. The molecule has 2 fully saturated rings. The third kappa shape index (κ3) is 4.01. The van der Waals surface area contributed by atoms with E-state index in [2.05, 4.69) is 0 Å². The summed E-state index contributed by atoms with van der Waals surface area (Å²) in [4.78, 5) is 32.8. The SMILES string of the molecule is O=C1OCC(Cc2cccc(CC3COC(=O)N3c3ccccc3)n2)N1c1ccccc1. The monoisotopic (exact) mass is 429 g/mol. The lowest BCUT2D eigenvalue weighted by Crippen LogP contribution is -2.36. The Balaban J connectivity index is 1.32. The number of amides is 2. The van der Waals surface area contributed by atoms with Gasteiger partial charge in [0.25, 0.3) is 0 Å². The molecule has 2 unspecified atom stereocenters. The van der Waals surface area contributed by atoms with Crippen molar-refractivity contribution in [3.8, 4) is 0 Å². The van der Waals surface area contributed by atoms with Gasteiger partial charge in [0.05, 0.1) is 12.1 Å². The number of carbonyl (C=O) groups is 2. The highest BCUT2D eigenvalue weighted by atomic mass is 16.6. The quantitative estimate of drug-likeness (QED) is 0.587. The molecule has 7 nitrogen and oxygen atoms in total. The summed E-state index contributed by atoms with van der Waals surface area (Å²) in [6, 6.07) is 24.7. The summed E-state index contributed by atoms with van der Waals surface area (Å²) in [5.74, 6) is 0. The lowest BCUT2D eigenvalue weighted by Gasteiger charge is -2.22. The minimum atomic E-state index is -0.336. The van der Waals surface area contributed by atoms with Crippen LogP contribution in [0.25, 0.3) is 0 Å². The van der Waals surface area contributed by atoms with E-state index in [-0.39, 0.29) is 24.3 Å². The molecule has 0 spiro atoms. The predicted octanol–water partition coefficient (Wildman–Crippen LogP) is 4.22. The van der Waals surface area contributed by atoms with Crippen LogP contribution in [0.1, 0.15) is 11.4 Å². The van der Waals surface area contributed by atoms with Crippen molar-refractivity contribution in [2.24, 2.45) is 0 Å². The molecule has 0 bridgehead atoms. The number of hydrogen-bond acceptors (Lipinski definition) is 5. The fourth-order valence-corrected chi connectivity index (χ4v) is 4.27. The summed E-state index contributed by atoms with van der Waals surface area (Å²) in [5, 5.41) is 0. The van der Waals surface area contributed by atoms with Crippen molar-refractivity contribution in [1.29, 1.82) is 0 Å². The molecule has 2 atom stereocenters. The van der Waals surface area contributed by atoms with Gasteiger partial charge in [-0.25, -0.2) is 9.59 Å². The maximum atomic E-state index is 12.3. The number of carbonyl (C=O) groups excluding carboxylic acids is 2. The van der Waals surface area contributed by atoms with Gasteiger partial charge in [-0.2, -0.15) is 0 Å². The molecule has 5 rings (SSSR count). The van der Waals surface area contributed by atoms with E-state index in [0.717, 1.165) is 22.8 Å². The molecular weight excluding hydrogens is 406 g/mol. The van der Waals surface area contributed by atoms with Crippen LogP contribution in [0.3, 0.4) is 0 Å². The standard InChI is InChI=1S/C25H23N3O4/c29-24-27(20-10-3-1-4-11-20)22(16-31-24)14-18-8-7-9-19(26-18)15-23-17-32-25(30)28(23)21-12-5-2-6-13-21/h1-13,22-23H,14-17H2. The molecule has 2 saturated heterocycles. The molecule has 2 aliphatic heterocycles. The second-order valence-corrected chi connectivity index (χ2v) is 7.90. The molecule has 0 saturated carbocycles. The Labute approximate surface area is 186 Å². The number of nitrogens with zero attached hydrogens (tertiary/aromatic N) is 3. The van der Waals surface area contributed by atoms with Crippen LogP contribution in [-0.2, 0) is 22.3 Å². The highest BCUT2D eigenvalue weighted by Gasteiger charge is 2.36. The minimum absolute atomic E-state index is 0.121. The fourth-order valence-electron chi connectivity index (χ4n) is 4.27. The molecule has 32 heavy (non-hydrogen) atoms. The maximum absolute atomic E-state index is 12.3. The van der Waals surface area contributed by atoms with Crippen LogP contribution in [0.4, 0.5) is 21.0 Å². The largest absolute Gasteiger partial charge is 0.447 e. The van der Waals surface area contributed by atoms with Gasteiger partial charge in [-0.15, -0.1) is 0 Å². The van der Waals surface area contributed by atoms with Crippen molar-refractivity contribution in [2.45, 2.75) is 24.9 Å². The number of benzene rings is 2. The summed E-state index contributed by atoms with van der Waals surface area (Å²) < 4.78 is 10.6. The van der Waals surface area contributed by atoms with E-state index in [1.54, 1.807) is 9.80 Å². The number of pyridine rings is 1. The molecule has 0 radical (unpaired) electrons. The number of aromatic nitrogens is 1. The molecule has 7 heteroatoms. The molecule has 1 aromatic heterocycles. The van der Waals surface area contributed by atoms with Crippen LogP contribution < -0.4 is 9.80 Å². The summed E-state index contributed by atoms with van der Waals surface area (Å²) in [5.41, 5.74) is 3.39. The average Bonchev–Trinajstić information content (AvgIpc) is 3.37. The summed E-state index contributed by atoms with van der Waals surface area (Å²) >= 11 is 0. The van der Waals surface area contributed by atoms with Gasteiger partial charge in [0.15, 0.2) is 0 Å². The van der Waals surface area contributed by atoms with Crippen LogP contribution in [0, 0.1) is 0 Å². The molecular formula is C25H23N3O4. The zero-order valence-corrected chi connectivity index (χ0v) is 17.5. The van der Waals surface area contributed by atoms with E-state index < -0.39 is 0 Å². The Hall–Kier alpha value is -3.87. The van der Waals surface area contributed by atoms with E-state index in [1.807, 2.05) is 78.9 Å². The number of ether oxygens (including phenoxy) is 2. The first-order valence-corrected chi connectivity index (χ1v) is 10.7. The number of rotatable bonds is 6. The van der Waals surface area contributed by atoms with Crippen LogP contribution >= 0.6 is 0 Å². The first kappa shape index (κ1) is 20.1. The molecule has 162 valence electrons. The molecule has 0 aliphatic carbocycles. The number of hydrogen-bond donors (Lipinski definition) is 0. The van der Waals surface area contributed by atoms with Gasteiger partial charge in [0, 0.05) is 35.6 Å². The highest BCUT2D eigenvalue weighted by Crippen LogP contribution is 2.26. The molecule has 3 aromatic rings. The van der Waals surface area contributed by atoms with Crippen molar-refractivity contribution in [3.05, 3.63) is 90.3 Å². The van der Waals surface area contributed by atoms with Crippen LogP contribution in [-0.4, -0.2) is 42.5 Å². The number of cyclic esters (lactones) is 2.